The lowest BCUT2D eigenvalue weighted by Crippen LogP contribution is -2.41. The maximum Gasteiger partial charge on any atom is 0.223 e. The van der Waals surface area contributed by atoms with Gasteiger partial charge in [0, 0.05) is 31.0 Å². The summed E-state index contributed by atoms with van der Waals surface area (Å²) in [5.41, 5.74) is 8.48. The second kappa shape index (κ2) is 10.5. The summed E-state index contributed by atoms with van der Waals surface area (Å²) in [4.78, 5) is 24.4. The molecule has 2 atom stereocenters. The van der Waals surface area contributed by atoms with E-state index < -0.39 is 0 Å². The number of amides is 2. The predicted molar refractivity (Wildman–Crippen MR) is 109 cm³/mol. The van der Waals surface area contributed by atoms with Crippen LogP contribution in [0.2, 0.25) is 0 Å². The Morgan fingerprint density at radius 1 is 1.04 bits per heavy atom. The Labute approximate surface area is 163 Å². The van der Waals surface area contributed by atoms with E-state index in [1.54, 1.807) is 0 Å². The Hall–Kier alpha value is -1.88. The molecule has 150 valence electrons. The highest BCUT2D eigenvalue weighted by atomic mass is 16.2. The summed E-state index contributed by atoms with van der Waals surface area (Å²) in [6.07, 6.45) is 5.69. The van der Waals surface area contributed by atoms with Crippen molar-refractivity contribution in [3.05, 3.63) is 35.4 Å². The fourth-order valence-corrected chi connectivity index (χ4v) is 3.60. The summed E-state index contributed by atoms with van der Waals surface area (Å²) in [7, 11) is 0. The van der Waals surface area contributed by atoms with Crippen LogP contribution in [0.15, 0.2) is 24.3 Å². The molecule has 0 aliphatic heterocycles. The highest BCUT2D eigenvalue weighted by molar-refractivity contribution is 5.81. The third-order valence-electron chi connectivity index (χ3n) is 5.41. The number of carbonyl (C=O) groups excluding carboxylic acids is 2. The molecule has 2 rings (SSSR count). The van der Waals surface area contributed by atoms with Crippen molar-refractivity contribution in [3.8, 4) is 0 Å². The molecule has 27 heavy (non-hydrogen) atoms. The van der Waals surface area contributed by atoms with Crippen molar-refractivity contribution in [2.24, 2.45) is 11.7 Å². The van der Waals surface area contributed by atoms with Crippen molar-refractivity contribution in [2.45, 2.75) is 77.3 Å². The number of hydrogen-bond acceptors (Lipinski definition) is 3. The lowest BCUT2D eigenvalue weighted by Gasteiger charge is -2.23. The van der Waals surface area contributed by atoms with E-state index in [1.165, 1.54) is 12.0 Å². The van der Waals surface area contributed by atoms with E-state index in [2.05, 4.69) is 36.6 Å². The van der Waals surface area contributed by atoms with Crippen LogP contribution in [0.25, 0.3) is 0 Å². The number of nitrogens with two attached hydrogens (primary N) is 1. The van der Waals surface area contributed by atoms with Gasteiger partial charge in [0.15, 0.2) is 0 Å². The second-order valence-corrected chi connectivity index (χ2v) is 8.18. The number of hydrogen-bond donors (Lipinski definition) is 3. The van der Waals surface area contributed by atoms with E-state index in [4.69, 9.17) is 5.73 Å². The van der Waals surface area contributed by atoms with Gasteiger partial charge in [0.05, 0.1) is 0 Å². The van der Waals surface area contributed by atoms with E-state index in [9.17, 15) is 9.59 Å². The maximum atomic E-state index is 12.3. The molecule has 1 fully saturated rings. The maximum absolute atomic E-state index is 12.3. The van der Waals surface area contributed by atoms with E-state index in [-0.39, 0.29) is 36.2 Å². The van der Waals surface area contributed by atoms with Crippen LogP contribution < -0.4 is 16.4 Å². The van der Waals surface area contributed by atoms with Crippen LogP contribution >= 0.6 is 0 Å². The highest BCUT2D eigenvalue weighted by Crippen LogP contribution is 2.23. The minimum atomic E-state index is -0.234. The highest BCUT2D eigenvalue weighted by Gasteiger charge is 2.22. The molecule has 4 N–H and O–H groups in total. The lowest BCUT2D eigenvalue weighted by atomic mass is 9.88. The molecule has 1 saturated carbocycles. The van der Waals surface area contributed by atoms with Crippen LogP contribution in [-0.4, -0.2) is 24.4 Å². The average Bonchev–Trinajstić information content (AvgIpc) is 2.66. The van der Waals surface area contributed by atoms with Gasteiger partial charge in [-0.1, -0.05) is 57.4 Å². The first kappa shape index (κ1) is 21.4. The molecule has 1 aliphatic carbocycles. The Bertz CT molecular complexity index is 606. The first-order valence-electron chi connectivity index (χ1n) is 10.3. The van der Waals surface area contributed by atoms with Crippen molar-refractivity contribution in [1.29, 1.82) is 0 Å². The van der Waals surface area contributed by atoms with Crippen LogP contribution in [0, 0.1) is 5.92 Å². The minimum Gasteiger partial charge on any atom is -0.354 e. The van der Waals surface area contributed by atoms with Gasteiger partial charge in [-0.2, -0.15) is 0 Å². The molecule has 5 heteroatoms. The third-order valence-corrected chi connectivity index (χ3v) is 5.41. The quantitative estimate of drug-likeness (QED) is 0.653. The molecule has 2 amide bonds. The van der Waals surface area contributed by atoms with Crippen LogP contribution in [0.1, 0.15) is 82.4 Å². The van der Waals surface area contributed by atoms with Crippen molar-refractivity contribution in [2.75, 3.05) is 6.54 Å². The molecule has 0 saturated heterocycles. The predicted octanol–water partition coefficient (Wildman–Crippen LogP) is 3.40. The van der Waals surface area contributed by atoms with Crippen molar-refractivity contribution in [1.82, 2.24) is 10.6 Å². The van der Waals surface area contributed by atoms with Gasteiger partial charge >= 0.3 is 0 Å². The zero-order valence-corrected chi connectivity index (χ0v) is 17.0. The van der Waals surface area contributed by atoms with Gasteiger partial charge in [-0.15, -0.1) is 0 Å². The Balaban J connectivity index is 1.72. The molecule has 1 aromatic rings. The number of nitrogens with one attached hydrogen (secondary N) is 2. The molecule has 1 aliphatic rings. The van der Waals surface area contributed by atoms with E-state index in [0.29, 0.717) is 12.5 Å². The first-order valence-corrected chi connectivity index (χ1v) is 10.3. The molecule has 2 unspecified atom stereocenters. The van der Waals surface area contributed by atoms with E-state index >= 15 is 0 Å². The summed E-state index contributed by atoms with van der Waals surface area (Å²) in [6, 6.07) is 7.83. The first-order chi connectivity index (χ1) is 12.9. The molecule has 0 heterocycles. The van der Waals surface area contributed by atoms with Gasteiger partial charge < -0.3 is 16.4 Å². The molecule has 1 aromatic carbocycles. The van der Waals surface area contributed by atoms with Gasteiger partial charge in [-0.25, -0.2) is 0 Å². The molecular weight excluding hydrogens is 338 g/mol. The summed E-state index contributed by atoms with van der Waals surface area (Å²) in [6.45, 7) is 6.58. The fraction of sp³-hybridized carbons (Fsp3) is 0.636. The fourth-order valence-electron chi connectivity index (χ4n) is 3.60. The van der Waals surface area contributed by atoms with Crippen LogP contribution in [0.3, 0.4) is 0 Å². The SMILES string of the molecule is CC(CC(=O)NCC(N)c1ccc(C(C)C)cc1)NC(=O)C1CCCCC1. The van der Waals surface area contributed by atoms with Crippen LogP contribution in [-0.2, 0) is 9.59 Å². The van der Waals surface area contributed by atoms with Gasteiger partial charge in [-0.3, -0.25) is 9.59 Å². The van der Waals surface area contributed by atoms with Gasteiger partial charge in [-0.05, 0) is 36.8 Å². The number of benzene rings is 1. The van der Waals surface area contributed by atoms with Crippen molar-refractivity contribution in [3.63, 3.8) is 0 Å². The number of rotatable bonds is 8. The summed E-state index contributed by atoms with van der Waals surface area (Å²) in [5.74, 6) is 0.615. The standard InChI is InChI=1S/C22H35N3O2/c1-15(2)17-9-11-18(12-10-17)20(23)14-24-21(26)13-16(3)25-22(27)19-7-5-4-6-8-19/h9-12,15-16,19-20H,4-8,13-14,23H2,1-3H3,(H,24,26)(H,25,27). The van der Waals surface area contributed by atoms with Crippen molar-refractivity contribution < 1.29 is 9.59 Å². The van der Waals surface area contributed by atoms with E-state index in [0.717, 1.165) is 31.2 Å². The monoisotopic (exact) mass is 373 g/mol. The summed E-state index contributed by atoms with van der Waals surface area (Å²) >= 11 is 0. The zero-order chi connectivity index (χ0) is 19.8. The second-order valence-electron chi connectivity index (χ2n) is 8.18. The molecule has 0 aromatic heterocycles. The van der Waals surface area contributed by atoms with Gasteiger partial charge in [0.1, 0.15) is 0 Å². The molecule has 0 spiro atoms. The molecule has 0 radical (unpaired) electrons. The zero-order valence-electron chi connectivity index (χ0n) is 17.0. The largest absolute Gasteiger partial charge is 0.354 e. The van der Waals surface area contributed by atoms with Gasteiger partial charge in [0.25, 0.3) is 0 Å². The number of carbonyl (C=O) groups is 2. The normalized spacial score (nSPS) is 17.4. The third kappa shape index (κ3) is 6.98. The molecule has 5 nitrogen and oxygen atoms in total. The van der Waals surface area contributed by atoms with Crippen LogP contribution in [0.4, 0.5) is 0 Å². The topological polar surface area (TPSA) is 84.2 Å². The van der Waals surface area contributed by atoms with Crippen LogP contribution in [0.5, 0.6) is 0 Å². The summed E-state index contributed by atoms with van der Waals surface area (Å²) < 4.78 is 0. The van der Waals surface area contributed by atoms with Crippen molar-refractivity contribution >= 4 is 11.8 Å². The van der Waals surface area contributed by atoms with Gasteiger partial charge in [0.2, 0.25) is 11.8 Å². The molecule has 0 bridgehead atoms. The summed E-state index contributed by atoms with van der Waals surface area (Å²) in [5, 5.41) is 5.87. The average molecular weight is 374 g/mol. The smallest absolute Gasteiger partial charge is 0.223 e. The minimum absolute atomic E-state index is 0.0827. The lowest BCUT2D eigenvalue weighted by molar-refractivity contribution is -0.127. The molecular formula is C22H35N3O2. The van der Waals surface area contributed by atoms with E-state index in [1.807, 2.05) is 19.1 Å². The Morgan fingerprint density at radius 2 is 1.63 bits per heavy atom. The Morgan fingerprint density at radius 3 is 2.22 bits per heavy atom. The Kier molecular flexibility index (Phi) is 8.29.